The molecule has 3 atom stereocenters. The molecular weight excluding hydrogens is 280 g/mol. The summed E-state index contributed by atoms with van der Waals surface area (Å²) in [5, 5.41) is 18.0. The van der Waals surface area contributed by atoms with E-state index in [2.05, 4.69) is 37.3 Å². The van der Waals surface area contributed by atoms with Crippen molar-refractivity contribution in [1.82, 2.24) is 0 Å². The summed E-state index contributed by atoms with van der Waals surface area (Å²) in [6.45, 7) is 2.28. The third-order valence-corrected chi connectivity index (χ3v) is 5.23. The van der Waals surface area contributed by atoms with E-state index in [0.717, 1.165) is 11.1 Å². The highest BCUT2D eigenvalue weighted by Crippen LogP contribution is 2.44. The Morgan fingerprint density at radius 3 is 2.39 bits per heavy atom. The first-order valence-corrected chi connectivity index (χ1v) is 8.21. The van der Waals surface area contributed by atoms with Crippen LogP contribution in [0.1, 0.15) is 60.3 Å². The van der Waals surface area contributed by atoms with E-state index in [4.69, 9.17) is 10.5 Å². The Hall–Kier alpha value is -2.58. The fraction of sp³-hybridized carbons (Fsp3) is 0.333. The van der Waals surface area contributed by atoms with Gasteiger partial charge in [-0.25, -0.2) is 0 Å². The van der Waals surface area contributed by atoms with Gasteiger partial charge in [-0.05, 0) is 72.4 Å². The number of hydrogen-bond acceptors (Lipinski definition) is 2. The van der Waals surface area contributed by atoms with E-state index < -0.39 is 0 Å². The standard InChI is InChI=1S/C21H20N2/c1-15(19-4-2-3-17(11-19)14-23)20-9-10-21(12-20)18-7-5-16(13-22)6-8-18/h2-8,11,15,20-21H,9-10,12H2,1H3. The lowest BCUT2D eigenvalue weighted by Crippen LogP contribution is -2.07. The van der Waals surface area contributed by atoms with Crippen LogP contribution in [0.25, 0.3) is 0 Å². The Morgan fingerprint density at radius 1 is 0.957 bits per heavy atom. The maximum atomic E-state index is 9.07. The predicted octanol–water partition coefficient (Wildman–Crippen LogP) is 5.12. The molecule has 2 aromatic carbocycles. The molecular formula is C21H20N2. The second-order valence-electron chi connectivity index (χ2n) is 6.53. The smallest absolute Gasteiger partial charge is 0.0991 e. The molecule has 0 aliphatic heterocycles. The van der Waals surface area contributed by atoms with Crippen molar-refractivity contribution in [3.63, 3.8) is 0 Å². The monoisotopic (exact) mass is 300 g/mol. The Morgan fingerprint density at radius 2 is 1.70 bits per heavy atom. The van der Waals surface area contributed by atoms with Crippen molar-refractivity contribution in [2.75, 3.05) is 0 Å². The number of rotatable bonds is 3. The van der Waals surface area contributed by atoms with Gasteiger partial charge in [-0.3, -0.25) is 0 Å². The maximum Gasteiger partial charge on any atom is 0.0991 e. The van der Waals surface area contributed by atoms with Gasteiger partial charge in [-0.15, -0.1) is 0 Å². The minimum atomic E-state index is 0.478. The molecule has 1 fully saturated rings. The first kappa shape index (κ1) is 15.3. The molecule has 2 heteroatoms. The first-order valence-electron chi connectivity index (χ1n) is 8.21. The van der Waals surface area contributed by atoms with Crippen molar-refractivity contribution >= 4 is 0 Å². The van der Waals surface area contributed by atoms with Gasteiger partial charge in [-0.2, -0.15) is 10.5 Å². The molecule has 0 aromatic heterocycles. The van der Waals surface area contributed by atoms with Crippen molar-refractivity contribution in [1.29, 1.82) is 10.5 Å². The SMILES string of the molecule is CC(c1cccc(C#N)c1)C1CCC(c2ccc(C#N)cc2)C1. The summed E-state index contributed by atoms with van der Waals surface area (Å²) in [5.74, 6) is 1.73. The van der Waals surface area contributed by atoms with E-state index in [1.165, 1.54) is 30.4 Å². The molecule has 1 aliphatic carbocycles. The van der Waals surface area contributed by atoms with Crippen LogP contribution in [0.15, 0.2) is 48.5 Å². The molecule has 23 heavy (non-hydrogen) atoms. The second kappa shape index (κ2) is 6.67. The van der Waals surface area contributed by atoms with E-state index in [9.17, 15) is 0 Å². The number of benzene rings is 2. The third-order valence-electron chi connectivity index (χ3n) is 5.23. The van der Waals surface area contributed by atoms with Crippen LogP contribution >= 0.6 is 0 Å². The lowest BCUT2D eigenvalue weighted by Gasteiger charge is -2.20. The average Bonchev–Trinajstić information content (AvgIpc) is 3.11. The van der Waals surface area contributed by atoms with Crippen LogP contribution in [-0.4, -0.2) is 0 Å². The molecule has 3 unspecified atom stereocenters. The number of hydrogen-bond donors (Lipinski definition) is 0. The zero-order valence-corrected chi connectivity index (χ0v) is 13.4. The number of nitriles is 2. The van der Waals surface area contributed by atoms with Crippen LogP contribution in [0.5, 0.6) is 0 Å². The Balaban J connectivity index is 1.71. The van der Waals surface area contributed by atoms with E-state index >= 15 is 0 Å². The Kier molecular flexibility index (Phi) is 4.45. The molecule has 114 valence electrons. The maximum absolute atomic E-state index is 9.07. The van der Waals surface area contributed by atoms with Crippen molar-refractivity contribution in [2.45, 2.75) is 38.0 Å². The van der Waals surface area contributed by atoms with Crippen molar-refractivity contribution < 1.29 is 0 Å². The van der Waals surface area contributed by atoms with Crippen LogP contribution in [0, 0.1) is 28.6 Å². The lowest BCUT2D eigenvalue weighted by molar-refractivity contribution is 0.454. The van der Waals surface area contributed by atoms with E-state index in [0.29, 0.717) is 17.8 Å². The summed E-state index contributed by atoms with van der Waals surface area (Å²) in [5.41, 5.74) is 4.10. The highest BCUT2D eigenvalue weighted by atomic mass is 14.3. The molecule has 0 saturated heterocycles. The minimum absolute atomic E-state index is 0.478. The summed E-state index contributed by atoms with van der Waals surface area (Å²) < 4.78 is 0. The molecule has 0 heterocycles. The van der Waals surface area contributed by atoms with Crippen molar-refractivity contribution in [3.05, 3.63) is 70.8 Å². The quantitative estimate of drug-likeness (QED) is 0.790. The van der Waals surface area contributed by atoms with E-state index in [-0.39, 0.29) is 0 Å². The van der Waals surface area contributed by atoms with Gasteiger partial charge in [-0.1, -0.05) is 31.2 Å². The van der Waals surface area contributed by atoms with Gasteiger partial charge >= 0.3 is 0 Å². The molecule has 1 aliphatic rings. The van der Waals surface area contributed by atoms with Crippen molar-refractivity contribution in [3.8, 4) is 12.1 Å². The fourth-order valence-electron chi connectivity index (χ4n) is 3.77. The van der Waals surface area contributed by atoms with Gasteiger partial charge in [0, 0.05) is 0 Å². The predicted molar refractivity (Wildman–Crippen MR) is 90.8 cm³/mol. The summed E-state index contributed by atoms with van der Waals surface area (Å²) >= 11 is 0. The van der Waals surface area contributed by atoms with Gasteiger partial charge in [0.1, 0.15) is 0 Å². The van der Waals surface area contributed by atoms with Crippen LogP contribution in [-0.2, 0) is 0 Å². The zero-order chi connectivity index (χ0) is 16.2. The molecule has 0 amide bonds. The van der Waals surface area contributed by atoms with Crippen LogP contribution in [0.4, 0.5) is 0 Å². The summed E-state index contributed by atoms with van der Waals surface area (Å²) in [6, 6.07) is 20.5. The summed E-state index contributed by atoms with van der Waals surface area (Å²) in [7, 11) is 0. The lowest BCUT2D eigenvalue weighted by atomic mass is 9.84. The molecule has 0 radical (unpaired) electrons. The van der Waals surface area contributed by atoms with Gasteiger partial charge in [0.05, 0.1) is 23.3 Å². The summed E-state index contributed by atoms with van der Waals surface area (Å²) in [4.78, 5) is 0. The molecule has 2 aromatic rings. The van der Waals surface area contributed by atoms with Crippen LogP contribution in [0.2, 0.25) is 0 Å². The molecule has 0 N–H and O–H groups in total. The molecule has 2 nitrogen and oxygen atoms in total. The van der Waals surface area contributed by atoms with Gasteiger partial charge < -0.3 is 0 Å². The summed E-state index contributed by atoms with van der Waals surface area (Å²) in [6.07, 6.45) is 3.62. The van der Waals surface area contributed by atoms with Crippen LogP contribution in [0.3, 0.4) is 0 Å². The minimum Gasteiger partial charge on any atom is -0.192 e. The van der Waals surface area contributed by atoms with E-state index in [1.54, 1.807) is 0 Å². The molecule has 1 saturated carbocycles. The largest absolute Gasteiger partial charge is 0.192 e. The Labute approximate surface area is 138 Å². The Bertz CT molecular complexity index is 762. The third kappa shape index (κ3) is 3.27. The van der Waals surface area contributed by atoms with E-state index in [1.807, 2.05) is 30.3 Å². The average molecular weight is 300 g/mol. The number of nitrogens with zero attached hydrogens (tertiary/aromatic N) is 2. The first-order chi connectivity index (χ1) is 11.2. The highest BCUT2D eigenvalue weighted by Gasteiger charge is 2.30. The second-order valence-corrected chi connectivity index (χ2v) is 6.53. The van der Waals surface area contributed by atoms with Gasteiger partial charge in [0.15, 0.2) is 0 Å². The fourth-order valence-corrected chi connectivity index (χ4v) is 3.77. The highest BCUT2D eigenvalue weighted by molar-refractivity contribution is 5.35. The van der Waals surface area contributed by atoms with Crippen LogP contribution < -0.4 is 0 Å². The van der Waals surface area contributed by atoms with Gasteiger partial charge in [0.25, 0.3) is 0 Å². The van der Waals surface area contributed by atoms with Crippen molar-refractivity contribution in [2.24, 2.45) is 5.92 Å². The molecule has 0 spiro atoms. The zero-order valence-electron chi connectivity index (χ0n) is 13.4. The molecule has 3 rings (SSSR count). The van der Waals surface area contributed by atoms with Gasteiger partial charge in [0.2, 0.25) is 0 Å². The molecule has 0 bridgehead atoms. The normalized spacial score (nSPS) is 21.3. The topological polar surface area (TPSA) is 47.6 Å².